The van der Waals surface area contributed by atoms with Gasteiger partial charge in [0, 0.05) is 17.2 Å². The molecule has 1 atom stereocenters. The normalized spacial score (nSPS) is 20.7. The van der Waals surface area contributed by atoms with E-state index in [1.807, 2.05) is 18.2 Å². The molecule has 0 bridgehead atoms. The van der Waals surface area contributed by atoms with Gasteiger partial charge in [0.1, 0.15) is 4.99 Å². The SMILES string of the molecule is CC1(C)CC1C(=O)Nc1cccc(C(N)=S)c1. The lowest BCUT2D eigenvalue weighted by Gasteiger charge is -2.07. The summed E-state index contributed by atoms with van der Waals surface area (Å²) in [5.41, 5.74) is 7.22. The first-order valence-electron chi connectivity index (χ1n) is 5.61. The Morgan fingerprint density at radius 2 is 2.18 bits per heavy atom. The number of rotatable bonds is 3. The van der Waals surface area contributed by atoms with Crippen LogP contribution >= 0.6 is 12.2 Å². The van der Waals surface area contributed by atoms with E-state index in [-0.39, 0.29) is 17.2 Å². The van der Waals surface area contributed by atoms with E-state index in [4.69, 9.17) is 18.0 Å². The van der Waals surface area contributed by atoms with Gasteiger partial charge in [-0.1, -0.05) is 38.2 Å². The summed E-state index contributed by atoms with van der Waals surface area (Å²) in [5, 5.41) is 2.90. The van der Waals surface area contributed by atoms with Gasteiger partial charge < -0.3 is 11.1 Å². The summed E-state index contributed by atoms with van der Waals surface area (Å²) in [5.74, 6) is 0.200. The molecule has 17 heavy (non-hydrogen) atoms. The van der Waals surface area contributed by atoms with Crippen molar-refractivity contribution in [2.45, 2.75) is 20.3 Å². The second-order valence-corrected chi connectivity index (χ2v) is 5.62. The molecule has 1 amide bonds. The van der Waals surface area contributed by atoms with E-state index in [1.54, 1.807) is 6.07 Å². The zero-order valence-electron chi connectivity index (χ0n) is 9.99. The minimum absolute atomic E-state index is 0.0788. The van der Waals surface area contributed by atoms with E-state index in [0.717, 1.165) is 17.7 Å². The maximum absolute atomic E-state index is 11.9. The van der Waals surface area contributed by atoms with Gasteiger partial charge in [-0.3, -0.25) is 4.79 Å². The van der Waals surface area contributed by atoms with Gasteiger partial charge in [0.25, 0.3) is 0 Å². The maximum Gasteiger partial charge on any atom is 0.228 e. The molecule has 1 fully saturated rings. The molecular formula is C13H16N2OS. The van der Waals surface area contributed by atoms with E-state index in [2.05, 4.69) is 19.2 Å². The van der Waals surface area contributed by atoms with Crippen molar-refractivity contribution in [1.29, 1.82) is 0 Å². The minimum Gasteiger partial charge on any atom is -0.389 e. The van der Waals surface area contributed by atoms with Crippen LogP contribution in [0.15, 0.2) is 24.3 Å². The van der Waals surface area contributed by atoms with E-state index < -0.39 is 0 Å². The monoisotopic (exact) mass is 248 g/mol. The van der Waals surface area contributed by atoms with E-state index in [1.165, 1.54) is 0 Å². The number of nitrogens with two attached hydrogens (primary N) is 1. The van der Waals surface area contributed by atoms with Crippen molar-refractivity contribution in [1.82, 2.24) is 0 Å². The number of carbonyl (C=O) groups is 1. The van der Waals surface area contributed by atoms with Crippen LogP contribution in [-0.4, -0.2) is 10.9 Å². The molecule has 0 spiro atoms. The van der Waals surface area contributed by atoms with Crippen molar-refractivity contribution >= 4 is 28.8 Å². The molecule has 0 radical (unpaired) electrons. The van der Waals surface area contributed by atoms with Gasteiger partial charge in [-0.2, -0.15) is 0 Å². The van der Waals surface area contributed by atoms with Crippen LogP contribution in [0, 0.1) is 11.3 Å². The third kappa shape index (κ3) is 2.64. The number of amides is 1. The fourth-order valence-electron chi connectivity index (χ4n) is 1.89. The molecule has 1 saturated carbocycles. The summed E-state index contributed by atoms with van der Waals surface area (Å²) >= 11 is 4.90. The topological polar surface area (TPSA) is 55.1 Å². The first kappa shape index (κ1) is 12.0. The van der Waals surface area contributed by atoms with Gasteiger partial charge in [-0.25, -0.2) is 0 Å². The van der Waals surface area contributed by atoms with Gasteiger partial charge in [0.15, 0.2) is 0 Å². The molecule has 0 saturated heterocycles. The molecule has 0 aromatic heterocycles. The van der Waals surface area contributed by atoms with Crippen molar-refractivity contribution < 1.29 is 4.79 Å². The summed E-state index contributed by atoms with van der Waals surface area (Å²) in [4.78, 5) is 12.2. The minimum atomic E-state index is 0.0788. The van der Waals surface area contributed by atoms with Crippen molar-refractivity contribution in [3.63, 3.8) is 0 Å². The second-order valence-electron chi connectivity index (χ2n) is 5.18. The van der Waals surface area contributed by atoms with E-state index in [9.17, 15) is 4.79 Å². The van der Waals surface area contributed by atoms with Crippen LogP contribution in [0.5, 0.6) is 0 Å². The molecule has 1 aliphatic rings. The molecule has 1 aromatic rings. The molecule has 3 N–H and O–H groups in total. The highest BCUT2D eigenvalue weighted by atomic mass is 32.1. The Hall–Kier alpha value is -1.42. The Morgan fingerprint density at radius 3 is 2.71 bits per heavy atom. The highest BCUT2D eigenvalue weighted by molar-refractivity contribution is 7.80. The van der Waals surface area contributed by atoms with Crippen LogP contribution in [0.1, 0.15) is 25.8 Å². The first-order valence-corrected chi connectivity index (χ1v) is 6.02. The summed E-state index contributed by atoms with van der Waals surface area (Å²) in [7, 11) is 0. The van der Waals surface area contributed by atoms with Crippen LogP contribution < -0.4 is 11.1 Å². The summed E-state index contributed by atoms with van der Waals surface area (Å²) in [6.07, 6.45) is 0.952. The van der Waals surface area contributed by atoms with Crippen molar-refractivity contribution in [3.05, 3.63) is 29.8 Å². The van der Waals surface area contributed by atoms with Crippen molar-refractivity contribution in [2.75, 3.05) is 5.32 Å². The molecule has 2 rings (SSSR count). The second kappa shape index (κ2) is 4.11. The average molecular weight is 248 g/mol. The zero-order valence-corrected chi connectivity index (χ0v) is 10.8. The molecule has 0 aliphatic heterocycles. The van der Waals surface area contributed by atoms with Crippen molar-refractivity contribution in [2.24, 2.45) is 17.1 Å². The van der Waals surface area contributed by atoms with Crippen LogP contribution in [0.2, 0.25) is 0 Å². The summed E-state index contributed by atoms with van der Waals surface area (Å²) < 4.78 is 0. The summed E-state index contributed by atoms with van der Waals surface area (Å²) in [6, 6.07) is 7.31. The average Bonchev–Trinajstić information content (AvgIpc) is 2.88. The highest BCUT2D eigenvalue weighted by Crippen LogP contribution is 2.51. The third-order valence-corrected chi connectivity index (χ3v) is 3.48. The summed E-state index contributed by atoms with van der Waals surface area (Å²) in [6.45, 7) is 4.20. The molecule has 0 heterocycles. The van der Waals surface area contributed by atoms with E-state index in [0.29, 0.717) is 4.99 Å². The third-order valence-electron chi connectivity index (χ3n) is 3.24. The number of anilines is 1. The van der Waals surface area contributed by atoms with Crippen molar-refractivity contribution in [3.8, 4) is 0 Å². The molecular weight excluding hydrogens is 232 g/mol. The van der Waals surface area contributed by atoms with Crippen LogP contribution in [0.3, 0.4) is 0 Å². The Balaban J connectivity index is 2.07. The molecule has 4 heteroatoms. The number of benzene rings is 1. The first-order chi connectivity index (χ1) is 7.90. The fraction of sp³-hybridized carbons (Fsp3) is 0.385. The number of hydrogen-bond donors (Lipinski definition) is 2. The lowest BCUT2D eigenvalue weighted by Crippen LogP contribution is -2.17. The number of thiocarbonyl (C=S) groups is 1. The Kier molecular flexibility index (Phi) is 2.91. The molecule has 1 unspecified atom stereocenters. The Labute approximate surface area is 106 Å². The van der Waals surface area contributed by atoms with E-state index >= 15 is 0 Å². The standard InChI is InChI=1S/C13H16N2OS/c1-13(2)7-10(13)12(16)15-9-5-3-4-8(6-9)11(14)17/h3-6,10H,7H2,1-2H3,(H2,14,17)(H,15,16). The van der Waals surface area contributed by atoms with Gasteiger partial charge in [-0.15, -0.1) is 0 Å². The molecule has 1 aliphatic carbocycles. The van der Waals surface area contributed by atoms with Gasteiger partial charge >= 0.3 is 0 Å². The number of carbonyl (C=O) groups excluding carboxylic acids is 1. The quantitative estimate of drug-likeness (QED) is 0.807. The largest absolute Gasteiger partial charge is 0.389 e. The fourth-order valence-corrected chi connectivity index (χ4v) is 2.02. The van der Waals surface area contributed by atoms with Crippen LogP contribution in [0.4, 0.5) is 5.69 Å². The Bertz CT molecular complexity index is 482. The smallest absolute Gasteiger partial charge is 0.228 e. The zero-order chi connectivity index (χ0) is 12.6. The predicted molar refractivity (Wildman–Crippen MR) is 72.8 cm³/mol. The molecule has 3 nitrogen and oxygen atoms in total. The lowest BCUT2D eigenvalue weighted by atomic mass is 10.1. The number of nitrogens with one attached hydrogen (secondary N) is 1. The Morgan fingerprint density at radius 1 is 1.53 bits per heavy atom. The molecule has 90 valence electrons. The van der Waals surface area contributed by atoms with Gasteiger partial charge in [-0.05, 0) is 24.0 Å². The molecule has 1 aromatic carbocycles. The number of hydrogen-bond acceptors (Lipinski definition) is 2. The van der Waals surface area contributed by atoms with Gasteiger partial charge in [0.2, 0.25) is 5.91 Å². The van der Waals surface area contributed by atoms with Crippen LogP contribution in [0.25, 0.3) is 0 Å². The van der Waals surface area contributed by atoms with Gasteiger partial charge in [0.05, 0.1) is 0 Å². The predicted octanol–water partition coefficient (Wildman–Crippen LogP) is 2.31. The maximum atomic E-state index is 11.9. The van der Waals surface area contributed by atoms with Crippen LogP contribution in [-0.2, 0) is 4.79 Å². The lowest BCUT2D eigenvalue weighted by molar-refractivity contribution is -0.117. The highest BCUT2D eigenvalue weighted by Gasteiger charge is 2.50.